The SMILES string of the molecule is [CH]1CC=CCCCCNCCNCCNCCNCCNCCOCC1. The van der Waals surface area contributed by atoms with E-state index in [4.69, 9.17) is 4.74 Å². The lowest BCUT2D eigenvalue weighted by Crippen LogP contribution is -2.36. The summed E-state index contributed by atoms with van der Waals surface area (Å²) >= 11 is 0. The first-order valence-electron chi connectivity index (χ1n) is 10.6. The van der Waals surface area contributed by atoms with Gasteiger partial charge in [0.25, 0.3) is 0 Å². The van der Waals surface area contributed by atoms with E-state index in [0.29, 0.717) is 0 Å². The molecule has 0 spiro atoms. The number of hydrogen-bond acceptors (Lipinski definition) is 6. The summed E-state index contributed by atoms with van der Waals surface area (Å²) in [6.45, 7) is 11.9. The van der Waals surface area contributed by atoms with E-state index >= 15 is 0 Å². The number of allylic oxidation sites excluding steroid dienone is 2. The molecular weight excluding hydrogens is 326 g/mol. The molecule has 5 N–H and O–H groups in total. The summed E-state index contributed by atoms with van der Waals surface area (Å²) in [5.74, 6) is 0. The van der Waals surface area contributed by atoms with Gasteiger partial charge in [0.2, 0.25) is 0 Å². The summed E-state index contributed by atoms with van der Waals surface area (Å²) in [5.41, 5.74) is 0. The van der Waals surface area contributed by atoms with Crippen LogP contribution in [0.3, 0.4) is 0 Å². The Hall–Kier alpha value is -0.500. The summed E-state index contributed by atoms with van der Waals surface area (Å²) in [6.07, 6.45) is 12.7. The molecule has 1 radical (unpaired) electrons. The van der Waals surface area contributed by atoms with Gasteiger partial charge >= 0.3 is 0 Å². The molecule has 0 saturated heterocycles. The maximum atomic E-state index is 5.63. The Labute approximate surface area is 161 Å². The second-order valence-corrected chi connectivity index (χ2v) is 6.64. The summed E-state index contributed by atoms with van der Waals surface area (Å²) in [5, 5.41) is 17.3. The average Bonchev–Trinajstić information content (AvgIpc) is 2.65. The molecule has 1 aliphatic rings. The van der Waals surface area contributed by atoms with E-state index in [2.05, 4.69) is 45.2 Å². The van der Waals surface area contributed by atoms with Crippen molar-refractivity contribution in [1.29, 1.82) is 0 Å². The summed E-state index contributed by atoms with van der Waals surface area (Å²) in [7, 11) is 0. The molecule has 0 amide bonds. The molecule has 0 aliphatic carbocycles. The van der Waals surface area contributed by atoms with E-state index in [1.165, 1.54) is 19.3 Å². The molecule has 0 unspecified atom stereocenters. The molecule has 0 aromatic carbocycles. The van der Waals surface area contributed by atoms with Crippen molar-refractivity contribution in [2.75, 3.05) is 78.7 Å². The normalized spacial score (nSPS) is 23.4. The van der Waals surface area contributed by atoms with Crippen LogP contribution in [0, 0.1) is 6.42 Å². The van der Waals surface area contributed by atoms with Crippen LogP contribution in [0.25, 0.3) is 0 Å². The van der Waals surface area contributed by atoms with E-state index in [1.54, 1.807) is 0 Å². The third kappa shape index (κ3) is 18.3. The van der Waals surface area contributed by atoms with Crippen LogP contribution in [-0.2, 0) is 4.74 Å². The third-order valence-electron chi connectivity index (χ3n) is 4.25. The van der Waals surface area contributed by atoms with Gasteiger partial charge in [-0.05, 0) is 45.1 Å². The first kappa shape index (κ1) is 23.5. The van der Waals surface area contributed by atoms with Crippen molar-refractivity contribution < 1.29 is 4.74 Å². The zero-order valence-corrected chi connectivity index (χ0v) is 16.7. The molecule has 6 nitrogen and oxygen atoms in total. The average molecular weight is 369 g/mol. The predicted molar refractivity (Wildman–Crippen MR) is 112 cm³/mol. The standard InChI is InChI=1S/C20H42N5O/c1-2-4-6-8-19-26-20-18-25-17-16-24-15-14-23-13-12-22-11-10-21-9-7-5-3-1/h1-2,6,21-25H,3-5,7-20H2. The second kappa shape index (κ2) is 20.8. The quantitative estimate of drug-likeness (QED) is 0.405. The van der Waals surface area contributed by atoms with Crippen LogP contribution in [0.2, 0.25) is 0 Å². The monoisotopic (exact) mass is 368 g/mol. The highest BCUT2D eigenvalue weighted by Gasteiger charge is 1.93. The van der Waals surface area contributed by atoms with Gasteiger partial charge in [0, 0.05) is 65.5 Å². The molecule has 0 aromatic rings. The van der Waals surface area contributed by atoms with Crippen LogP contribution >= 0.6 is 0 Å². The van der Waals surface area contributed by atoms with E-state index < -0.39 is 0 Å². The Bertz CT molecular complexity index is 274. The minimum atomic E-state index is 0.798. The first-order valence-corrected chi connectivity index (χ1v) is 10.6. The molecule has 0 atom stereocenters. The zero-order valence-electron chi connectivity index (χ0n) is 16.7. The molecule has 26 heavy (non-hydrogen) atoms. The summed E-state index contributed by atoms with van der Waals surface area (Å²) in [4.78, 5) is 0. The molecule has 1 heterocycles. The van der Waals surface area contributed by atoms with Crippen molar-refractivity contribution in [3.8, 4) is 0 Å². The highest BCUT2D eigenvalue weighted by molar-refractivity contribution is 4.86. The molecule has 6 heteroatoms. The summed E-state index contributed by atoms with van der Waals surface area (Å²) < 4.78 is 5.63. The van der Waals surface area contributed by atoms with E-state index in [9.17, 15) is 0 Å². The molecule has 0 saturated carbocycles. The number of nitrogens with one attached hydrogen (secondary N) is 5. The topological polar surface area (TPSA) is 69.4 Å². The molecule has 1 aliphatic heterocycles. The lowest BCUT2D eigenvalue weighted by molar-refractivity contribution is 0.138. The van der Waals surface area contributed by atoms with Crippen molar-refractivity contribution in [3.63, 3.8) is 0 Å². The van der Waals surface area contributed by atoms with Crippen molar-refractivity contribution in [1.82, 2.24) is 26.6 Å². The molecule has 0 bridgehead atoms. The fourth-order valence-corrected chi connectivity index (χ4v) is 2.69. The fraction of sp³-hybridized carbons (Fsp3) is 0.850. The van der Waals surface area contributed by atoms with Gasteiger partial charge in [-0.2, -0.15) is 0 Å². The summed E-state index contributed by atoms with van der Waals surface area (Å²) in [6, 6.07) is 0. The van der Waals surface area contributed by atoms with E-state index in [0.717, 1.165) is 91.5 Å². The van der Waals surface area contributed by atoms with Crippen LogP contribution < -0.4 is 26.6 Å². The maximum absolute atomic E-state index is 5.63. The predicted octanol–water partition coefficient (Wildman–Crippen LogP) is 0.676. The molecule has 153 valence electrons. The van der Waals surface area contributed by atoms with Crippen LogP contribution in [0.15, 0.2) is 12.2 Å². The van der Waals surface area contributed by atoms with Crippen molar-refractivity contribution >= 4 is 0 Å². The molecule has 0 fully saturated rings. The minimum Gasteiger partial charge on any atom is -0.380 e. The second-order valence-electron chi connectivity index (χ2n) is 6.64. The minimum absolute atomic E-state index is 0.798. The van der Waals surface area contributed by atoms with Gasteiger partial charge in [-0.1, -0.05) is 12.2 Å². The van der Waals surface area contributed by atoms with Crippen molar-refractivity contribution in [3.05, 3.63) is 18.6 Å². The Kier molecular flexibility index (Phi) is 18.8. The van der Waals surface area contributed by atoms with Gasteiger partial charge in [-0.25, -0.2) is 0 Å². The van der Waals surface area contributed by atoms with Crippen LogP contribution in [0.4, 0.5) is 0 Å². The van der Waals surface area contributed by atoms with Gasteiger partial charge in [-0.3, -0.25) is 0 Å². The Morgan fingerprint density at radius 1 is 0.500 bits per heavy atom. The number of ether oxygens (including phenoxy) is 1. The van der Waals surface area contributed by atoms with Crippen LogP contribution in [0.5, 0.6) is 0 Å². The van der Waals surface area contributed by atoms with Crippen LogP contribution in [-0.4, -0.2) is 78.7 Å². The van der Waals surface area contributed by atoms with Gasteiger partial charge in [0.1, 0.15) is 0 Å². The molecule has 1 rings (SSSR count). The van der Waals surface area contributed by atoms with Gasteiger partial charge in [0.05, 0.1) is 6.61 Å². The maximum Gasteiger partial charge on any atom is 0.0590 e. The molecule has 0 aromatic heterocycles. The number of rotatable bonds is 0. The highest BCUT2D eigenvalue weighted by atomic mass is 16.5. The largest absolute Gasteiger partial charge is 0.380 e. The highest BCUT2D eigenvalue weighted by Crippen LogP contribution is 2.00. The lowest BCUT2D eigenvalue weighted by Gasteiger charge is -2.09. The first-order chi connectivity index (χ1) is 13.0. The fourth-order valence-electron chi connectivity index (χ4n) is 2.69. The number of hydrogen-bond donors (Lipinski definition) is 5. The van der Waals surface area contributed by atoms with Crippen LogP contribution in [0.1, 0.15) is 32.1 Å². The Morgan fingerprint density at radius 3 is 1.73 bits per heavy atom. The smallest absolute Gasteiger partial charge is 0.0590 e. The zero-order chi connectivity index (χ0) is 18.4. The Morgan fingerprint density at radius 2 is 1.08 bits per heavy atom. The van der Waals surface area contributed by atoms with Crippen molar-refractivity contribution in [2.24, 2.45) is 0 Å². The van der Waals surface area contributed by atoms with E-state index in [1.807, 2.05) is 0 Å². The van der Waals surface area contributed by atoms with Gasteiger partial charge in [-0.15, -0.1) is 0 Å². The Balaban J connectivity index is 2.04. The lowest BCUT2D eigenvalue weighted by atomic mass is 10.2. The van der Waals surface area contributed by atoms with Gasteiger partial charge < -0.3 is 31.3 Å². The third-order valence-corrected chi connectivity index (χ3v) is 4.25. The van der Waals surface area contributed by atoms with E-state index in [-0.39, 0.29) is 0 Å². The van der Waals surface area contributed by atoms with Crippen molar-refractivity contribution in [2.45, 2.75) is 32.1 Å². The molecular formula is C20H42N5O. The van der Waals surface area contributed by atoms with Gasteiger partial charge in [0.15, 0.2) is 0 Å².